The summed E-state index contributed by atoms with van der Waals surface area (Å²) in [6.07, 6.45) is 0. The van der Waals surface area contributed by atoms with E-state index in [0.29, 0.717) is 22.2 Å². The number of anilines is 1. The van der Waals surface area contributed by atoms with Crippen LogP contribution >= 0.6 is 11.6 Å². The second-order valence-electron chi connectivity index (χ2n) is 5.14. The molecular weight excluding hydrogens is 316 g/mol. The van der Waals surface area contributed by atoms with Crippen LogP contribution in [-0.4, -0.2) is 30.7 Å². The van der Waals surface area contributed by atoms with E-state index in [2.05, 4.69) is 20.7 Å². The highest BCUT2D eigenvalue weighted by atomic mass is 35.5. The predicted octanol–water partition coefficient (Wildman–Crippen LogP) is 2.52. The molecule has 1 N–H and O–H groups in total. The molecule has 3 rings (SSSR count). The Morgan fingerprint density at radius 1 is 1.26 bits per heavy atom. The van der Waals surface area contributed by atoms with E-state index in [-0.39, 0.29) is 11.6 Å². The lowest BCUT2D eigenvalue weighted by molar-refractivity contribution is 0.102. The van der Waals surface area contributed by atoms with Crippen molar-refractivity contribution in [1.29, 1.82) is 0 Å². The van der Waals surface area contributed by atoms with Gasteiger partial charge in [-0.15, -0.1) is 5.10 Å². The van der Waals surface area contributed by atoms with Crippen molar-refractivity contribution in [2.75, 3.05) is 5.32 Å². The van der Waals surface area contributed by atoms with E-state index in [0.717, 1.165) is 5.69 Å². The van der Waals surface area contributed by atoms with Gasteiger partial charge in [0.1, 0.15) is 5.82 Å². The van der Waals surface area contributed by atoms with Crippen molar-refractivity contribution in [1.82, 2.24) is 24.8 Å². The second kappa shape index (κ2) is 5.85. The van der Waals surface area contributed by atoms with Crippen LogP contribution in [0.25, 0.3) is 5.69 Å². The number of para-hydroxylation sites is 1. The third-order valence-corrected chi connectivity index (χ3v) is 3.75. The molecule has 23 heavy (non-hydrogen) atoms. The number of carbonyl (C=O) groups is 1. The van der Waals surface area contributed by atoms with Crippen LogP contribution in [0.2, 0.25) is 5.02 Å². The number of hydrogen-bond acceptors (Lipinski definition) is 4. The maximum absolute atomic E-state index is 12.4. The maximum atomic E-state index is 12.4. The van der Waals surface area contributed by atoms with Crippen LogP contribution in [0.15, 0.2) is 30.3 Å². The first kappa shape index (κ1) is 15.2. The van der Waals surface area contributed by atoms with Crippen molar-refractivity contribution in [2.24, 2.45) is 7.05 Å². The van der Waals surface area contributed by atoms with E-state index < -0.39 is 0 Å². The summed E-state index contributed by atoms with van der Waals surface area (Å²) in [6.45, 7) is 3.63. The molecule has 0 atom stereocenters. The number of amides is 1. The molecular formula is C15H15ClN6O. The van der Waals surface area contributed by atoms with E-state index >= 15 is 0 Å². The van der Waals surface area contributed by atoms with Crippen molar-refractivity contribution >= 4 is 23.3 Å². The van der Waals surface area contributed by atoms with Gasteiger partial charge in [0.05, 0.1) is 22.1 Å². The fraction of sp³-hybridized carbons (Fsp3) is 0.200. The number of carbonyl (C=O) groups excluding carboxylic acids is 1. The number of hydrogen-bond donors (Lipinski definition) is 1. The molecule has 0 aliphatic carbocycles. The van der Waals surface area contributed by atoms with E-state index in [1.165, 1.54) is 0 Å². The normalized spacial score (nSPS) is 10.8. The fourth-order valence-electron chi connectivity index (χ4n) is 2.29. The predicted molar refractivity (Wildman–Crippen MR) is 87.0 cm³/mol. The SMILES string of the molecule is Cc1cc(NC(=O)c2nnn(-c3ccccc3Cl)c2C)n(C)n1. The van der Waals surface area contributed by atoms with Crippen LogP contribution in [0.1, 0.15) is 21.9 Å². The first-order valence-corrected chi connectivity index (χ1v) is 7.34. The van der Waals surface area contributed by atoms with E-state index in [1.807, 2.05) is 25.1 Å². The third kappa shape index (κ3) is 2.83. The zero-order valence-corrected chi connectivity index (χ0v) is 13.7. The largest absolute Gasteiger partial charge is 0.305 e. The second-order valence-corrected chi connectivity index (χ2v) is 5.54. The van der Waals surface area contributed by atoms with Gasteiger partial charge in [0.25, 0.3) is 5.91 Å². The summed E-state index contributed by atoms with van der Waals surface area (Å²) in [6, 6.07) is 9.04. The smallest absolute Gasteiger partial charge is 0.279 e. The molecule has 1 aromatic carbocycles. The summed E-state index contributed by atoms with van der Waals surface area (Å²) in [5.41, 5.74) is 2.34. The van der Waals surface area contributed by atoms with Crippen LogP contribution in [0.4, 0.5) is 5.82 Å². The molecule has 2 aromatic heterocycles. The molecule has 118 valence electrons. The molecule has 0 radical (unpaired) electrons. The molecule has 8 heteroatoms. The molecule has 1 amide bonds. The van der Waals surface area contributed by atoms with Crippen LogP contribution in [0.3, 0.4) is 0 Å². The summed E-state index contributed by atoms with van der Waals surface area (Å²) < 4.78 is 3.15. The molecule has 0 spiro atoms. The highest BCUT2D eigenvalue weighted by Gasteiger charge is 2.19. The number of aryl methyl sites for hydroxylation is 2. The molecule has 0 bridgehead atoms. The van der Waals surface area contributed by atoms with Gasteiger partial charge >= 0.3 is 0 Å². The van der Waals surface area contributed by atoms with Crippen molar-refractivity contribution < 1.29 is 4.79 Å². The summed E-state index contributed by atoms with van der Waals surface area (Å²) in [7, 11) is 1.76. The lowest BCUT2D eigenvalue weighted by Crippen LogP contribution is -2.16. The number of nitrogens with zero attached hydrogens (tertiary/aromatic N) is 5. The summed E-state index contributed by atoms with van der Waals surface area (Å²) in [4.78, 5) is 12.4. The molecule has 3 aromatic rings. The van der Waals surface area contributed by atoms with Gasteiger partial charge in [0.15, 0.2) is 5.69 Å². The maximum Gasteiger partial charge on any atom is 0.279 e. The number of nitrogens with one attached hydrogen (secondary N) is 1. The van der Waals surface area contributed by atoms with Crippen molar-refractivity contribution in [3.8, 4) is 5.69 Å². The Balaban J connectivity index is 1.91. The Bertz CT molecular complexity index is 882. The Morgan fingerprint density at radius 3 is 2.65 bits per heavy atom. The Morgan fingerprint density at radius 2 is 2.00 bits per heavy atom. The average molecular weight is 331 g/mol. The van der Waals surface area contributed by atoms with Gasteiger partial charge in [-0.1, -0.05) is 28.9 Å². The summed E-state index contributed by atoms with van der Waals surface area (Å²) in [5.74, 6) is 0.253. The monoisotopic (exact) mass is 330 g/mol. The Hall–Kier alpha value is -2.67. The van der Waals surface area contributed by atoms with Crippen molar-refractivity contribution in [2.45, 2.75) is 13.8 Å². The quantitative estimate of drug-likeness (QED) is 0.800. The molecule has 0 aliphatic rings. The standard InChI is InChI=1S/C15H15ClN6O/c1-9-8-13(21(3)19-9)17-15(23)14-10(2)22(20-18-14)12-7-5-4-6-11(12)16/h4-8H,1-3H3,(H,17,23). The van der Waals surface area contributed by atoms with E-state index in [1.54, 1.807) is 35.5 Å². The zero-order chi connectivity index (χ0) is 16.6. The van der Waals surface area contributed by atoms with Crippen LogP contribution in [-0.2, 0) is 7.05 Å². The van der Waals surface area contributed by atoms with Gasteiger partial charge in [-0.2, -0.15) is 5.10 Å². The van der Waals surface area contributed by atoms with Gasteiger partial charge in [-0.25, -0.2) is 4.68 Å². The zero-order valence-electron chi connectivity index (χ0n) is 12.9. The molecule has 0 aliphatic heterocycles. The fourth-order valence-corrected chi connectivity index (χ4v) is 2.51. The minimum absolute atomic E-state index is 0.240. The van der Waals surface area contributed by atoms with E-state index in [4.69, 9.17) is 11.6 Å². The minimum Gasteiger partial charge on any atom is -0.305 e. The highest BCUT2D eigenvalue weighted by Crippen LogP contribution is 2.21. The van der Waals surface area contributed by atoms with Crippen molar-refractivity contribution in [3.63, 3.8) is 0 Å². The third-order valence-electron chi connectivity index (χ3n) is 3.43. The van der Waals surface area contributed by atoms with Crippen molar-refractivity contribution in [3.05, 3.63) is 52.4 Å². The lowest BCUT2D eigenvalue weighted by Gasteiger charge is -2.06. The first-order valence-electron chi connectivity index (χ1n) is 6.96. The Labute approximate surface area is 137 Å². The number of halogens is 1. The first-order chi connectivity index (χ1) is 11.0. The molecule has 0 saturated heterocycles. The van der Waals surface area contributed by atoms with Gasteiger partial charge in [-0.3, -0.25) is 9.48 Å². The lowest BCUT2D eigenvalue weighted by atomic mass is 10.3. The number of rotatable bonds is 3. The topological polar surface area (TPSA) is 77.6 Å². The average Bonchev–Trinajstić information content (AvgIpc) is 3.02. The van der Waals surface area contributed by atoms with Gasteiger partial charge in [0.2, 0.25) is 0 Å². The molecule has 0 fully saturated rings. The van der Waals surface area contributed by atoms with Crippen LogP contribution < -0.4 is 5.32 Å². The molecule has 7 nitrogen and oxygen atoms in total. The van der Waals surface area contributed by atoms with Gasteiger partial charge in [-0.05, 0) is 26.0 Å². The van der Waals surface area contributed by atoms with Crippen LogP contribution in [0, 0.1) is 13.8 Å². The van der Waals surface area contributed by atoms with Crippen LogP contribution in [0.5, 0.6) is 0 Å². The summed E-state index contributed by atoms with van der Waals surface area (Å²) >= 11 is 6.17. The minimum atomic E-state index is -0.344. The Kier molecular flexibility index (Phi) is 3.87. The number of benzene rings is 1. The number of aromatic nitrogens is 5. The highest BCUT2D eigenvalue weighted by molar-refractivity contribution is 6.32. The summed E-state index contributed by atoms with van der Waals surface area (Å²) in [5, 5.41) is 15.5. The van der Waals surface area contributed by atoms with Gasteiger partial charge < -0.3 is 5.32 Å². The molecule has 2 heterocycles. The van der Waals surface area contributed by atoms with E-state index in [9.17, 15) is 4.79 Å². The molecule has 0 unspecified atom stereocenters. The van der Waals surface area contributed by atoms with Gasteiger partial charge in [0, 0.05) is 13.1 Å². The molecule has 0 saturated carbocycles.